The second-order valence-corrected chi connectivity index (χ2v) is 7.22. The predicted octanol–water partition coefficient (Wildman–Crippen LogP) is 1.93. The molecule has 1 atom stereocenters. The number of aromatic nitrogens is 2. The Morgan fingerprint density at radius 1 is 1.43 bits per heavy atom. The first-order valence-corrected chi connectivity index (χ1v) is 8.56. The van der Waals surface area contributed by atoms with Crippen molar-refractivity contribution in [3.8, 4) is 0 Å². The zero-order chi connectivity index (χ0) is 16.6. The van der Waals surface area contributed by atoms with Crippen LogP contribution in [0.2, 0.25) is 5.02 Å². The Hall–Kier alpha value is -1.55. The second kappa shape index (κ2) is 6.16. The van der Waals surface area contributed by atoms with Gasteiger partial charge in [0.1, 0.15) is 16.8 Å². The fourth-order valence-corrected chi connectivity index (χ4v) is 4.37. The van der Waals surface area contributed by atoms with Gasteiger partial charge in [0.25, 0.3) is 0 Å². The minimum absolute atomic E-state index is 0.0547. The Morgan fingerprint density at radius 2 is 2.22 bits per heavy atom. The number of morpholine rings is 1. The van der Waals surface area contributed by atoms with Crippen LogP contribution >= 0.6 is 11.6 Å². The first-order chi connectivity index (χ1) is 10.9. The van der Waals surface area contributed by atoms with Crippen molar-refractivity contribution in [3.63, 3.8) is 0 Å². The lowest BCUT2D eigenvalue weighted by molar-refractivity contribution is 0.0282. The standard InChI is InChI=1S/C13H13ClFN3O4S/c1-8-16-13(17-22-8)11-7-21-5-4-18(11)23(19,20)12-6-9(15)2-3-10(12)14/h2-3,6,11H,4-5,7H2,1H3/t11-/m0/s1. The average molecular weight is 362 g/mol. The lowest BCUT2D eigenvalue weighted by Crippen LogP contribution is -2.43. The smallest absolute Gasteiger partial charge is 0.245 e. The molecule has 10 heteroatoms. The molecule has 0 radical (unpaired) electrons. The molecular weight excluding hydrogens is 349 g/mol. The highest BCUT2D eigenvalue weighted by atomic mass is 35.5. The first kappa shape index (κ1) is 16.3. The van der Waals surface area contributed by atoms with E-state index in [4.69, 9.17) is 20.9 Å². The van der Waals surface area contributed by atoms with Gasteiger partial charge in [-0.2, -0.15) is 9.29 Å². The Labute approximate surface area is 137 Å². The minimum Gasteiger partial charge on any atom is -0.378 e. The van der Waals surface area contributed by atoms with E-state index < -0.39 is 21.9 Å². The molecule has 23 heavy (non-hydrogen) atoms. The molecule has 1 aliphatic heterocycles. The van der Waals surface area contributed by atoms with E-state index in [0.29, 0.717) is 5.89 Å². The number of nitrogens with zero attached hydrogens (tertiary/aromatic N) is 3. The number of aryl methyl sites for hydroxylation is 1. The number of sulfonamides is 1. The third-order valence-corrected chi connectivity index (χ3v) is 5.79. The van der Waals surface area contributed by atoms with Gasteiger partial charge in [-0.25, -0.2) is 12.8 Å². The van der Waals surface area contributed by atoms with Crippen molar-refractivity contribution in [2.24, 2.45) is 0 Å². The highest BCUT2D eigenvalue weighted by Gasteiger charge is 2.38. The summed E-state index contributed by atoms with van der Waals surface area (Å²) >= 11 is 5.94. The van der Waals surface area contributed by atoms with E-state index in [2.05, 4.69) is 10.1 Å². The summed E-state index contributed by atoms with van der Waals surface area (Å²) in [7, 11) is -4.04. The zero-order valence-corrected chi connectivity index (χ0v) is 13.6. The van der Waals surface area contributed by atoms with Crippen LogP contribution < -0.4 is 0 Å². The molecule has 1 aromatic carbocycles. The lowest BCUT2D eigenvalue weighted by Gasteiger charge is -2.32. The van der Waals surface area contributed by atoms with Crippen molar-refractivity contribution in [1.82, 2.24) is 14.4 Å². The van der Waals surface area contributed by atoms with Gasteiger partial charge in [-0.05, 0) is 18.2 Å². The van der Waals surface area contributed by atoms with E-state index in [1.165, 1.54) is 6.07 Å². The molecule has 1 saturated heterocycles. The minimum atomic E-state index is -4.04. The summed E-state index contributed by atoms with van der Waals surface area (Å²) in [5.41, 5.74) is 0. The van der Waals surface area contributed by atoms with Gasteiger partial charge in [0, 0.05) is 13.5 Å². The third-order valence-electron chi connectivity index (χ3n) is 3.40. The van der Waals surface area contributed by atoms with Gasteiger partial charge in [-0.1, -0.05) is 16.8 Å². The third kappa shape index (κ3) is 3.09. The molecule has 0 aliphatic carbocycles. The molecule has 3 rings (SSSR count). The van der Waals surface area contributed by atoms with Crippen LogP contribution in [-0.4, -0.2) is 42.6 Å². The zero-order valence-electron chi connectivity index (χ0n) is 12.1. The topological polar surface area (TPSA) is 85.5 Å². The quantitative estimate of drug-likeness (QED) is 0.830. The molecule has 0 spiro atoms. The van der Waals surface area contributed by atoms with Gasteiger partial charge in [0.2, 0.25) is 15.9 Å². The number of halogens is 2. The van der Waals surface area contributed by atoms with Gasteiger partial charge in [-0.15, -0.1) is 0 Å². The van der Waals surface area contributed by atoms with E-state index in [1.807, 2.05) is 0 Å². The molecule has 2 heterocycles. The fraction of sp³-hybridized carbons (Fsp3) is 0.385. The molecule has 0 unspecified atom stereocenters. The maximum atomic E-state index is 13.5. The normalized spacial score (nSPS) is 19.9. The van der Waals surface area contributed by atoms with Crippen molar-refractivity contribution >= 4 is 21.6 Å². The average Bonchev–Trinajstić information content (AvgIpc) is 2.96. The molecule has 2 aromatic rings. The molecule has 1 fully saturated rings. The van der Waals surface area contributed by atoms with E-state index in [-0.39, 0.29) is 35.5 Å². The van der Waals surface area contributed by atoms with Crippen LogP contribution in [0, 0.1) is 12.7 Å². The summed E-state index contributed by atoms with van der Waals surface area (Å²) < 4.78 is 50.6. The second-order valence-electron chi connectivity index (χ2n) is 4.95. The van der Waals surface area contributed by atoms with Gasteiger partial charge < -0.3 is 9.26 Å². The van der Waals surface area contributed by atoms with Crippen molar-refractivity contribution in [2.75, 3.05) is 19.8 Å². The van der Waals surface area contributed by atoms with Crippen molar-refractivity contribution in [3.05, 3.63) is 40.8 Å². The van der Waals surface area contributed by atoms with Crippen LogP contribution in [0.5, 0.6) is 0 Å². The van der Waals surface area contributed by atoms with E-state index >= 15 is 0 Å². The summed E-state index contributed by atoms with van der Waals surface area (Å²) in [4.78, 5) is 3.76. The summed E-state index contributed by atoms with van der Waals surface area (Å²) in [6.07, 6.45) is 0. The number of hydrogen-bond acceptors (Lipinski definition) is 6. The van der Waals surface area contributed by atoms with E-state index in [0.717, 1.165) is 16.4 Å². The van der Waals surface area contributed by atoms with Crippen molar-refractivity contribution in [2.45, 2.75) is 17.9 Å². The fourth-order valence-electron chi connectivity index (χ4n) is 2.33. The Kier molecular flexibility index (Phi) is 4.37. The Morgan fingerprint density at radius 3 is 2.91 bits per heavy atom. The van der Waals surface area contributed by atoms with Gasteiger partial charge in [0.15, 0.2) is 5.82 Å². The van der Waals surface area contributed by atoms with Crippen LogP contribution in [0.15, 0.2) is 27.6 Å². The number of benzene rings is 1. The molecule has 1 aromatic heterocycles. The van der Waals surface area contributed by atoms with Crippen LogP contribution in [0.4, 0.5) is 4.39 Å². The van der Waals surface area contributed by atoms with Gasteiger partial charge in [-0.3, -0.25) is 0 Å². The Balaban J connectivity index is 2.04. The van der Waals surface area contributed by atoms with Gasteiger partial charge >= 0.3 is 0 Å². The summed E-state index contributed by atoms with van der Waals surface area (Å²) in [6.45, 7) is 1.96. The van der Waals surface area contributed by atoms with E-state index in [9.17, 15) is 12.8 Å². The number of hydrogen-bond donors (Lipinski definition) is 0. The first-order valence-electron chi connectivity index (χ1n) is 6.74. The summed E-state index contributed by atoms with van der Waals surface area (Å²) in [6, 6.07) is 2.44. The van der Waals surface area contributed by atoms with E-state index in [1.54, 1.807) is 6.92 Å². The molecule has 124 valence electrons. The molecule has 1 aliphatic rings. The molecule has 0 saturated carbocycles. The van der Waals surface area contributed by atoms with Crippen molar-refractivity contribution < 1.29 is 22.1 Å². The van der Waals surface area contributed by atoms with Crippen LogP contribution in [0.25, 0.3) is 0 Å². The molecule has 7 nitrogen and oxygen atoms in total. The monoisotopic (exact) mass is 361 g/mol. The van der Waals surface area contributed by atoms with Gasteiger partial charge in [0.05, 0.1) is 18.2 Å². The lowest BCUT2D eigenvalue weighted by atomic mass is 10.2. The van der Waals surface area contributed by atoms with Crippen LogP contribution in [0.3, 0.4) is 0 Å². The number of ether oxygens (including phenoxy) is 1. The van der Waals surface area contributed by atoms with Crippen LogP contribution in [0.1, 0.15) is 17.8 Å². The summed E-state index contributed by atoms with van der Waals surface area (Å²) in [5.74, 6) is -0.182. The molecule has 0 amide bonds. The maximum absolute atomic E-state index is 13.5. The maximum Gasteiger partial charge on any atom is 0.245 e. The van der Waals surface area contributed by atoms with Crippen LogP contribution in [-0.2, 0) is 14.8 Å². The summed E-state index contributed by atoms with van der Waals surface area (Å²) in [5, 5.41) is 3.70. The predicted molar refractivity (Wildman–Crippen MR) is 77.9 cm³/mol. The van der Waals surface area contributed by atoms with Crippen molar-refractivity contribution in [1.29, 1.82) is 0 Å². The highest BCUT2D eigenvalue weighted by molar-refractivity contribution is 7.89. The largest absolute Gasteiger partial charge is 0.378 e. The SMILES string of the molecule is Cc1nc([C@@H]2COCCN2S(=O)(=O)c2cc(F)ccc2Cl)no1. The highest BCUT2D eigenvalue weighted by Crippen LogP contribution is 2.32. The molecule has 0 N–H and O–H groups in total. The molecular formula is C13H13ClFN3O4S. The Bertz CT molecular complexity index is 826. The molecule has 0 bridgehead atoms. The number of rotatable bonds is 3.